The average Bonchev–Trinajstić information content (AvgIpc) is 3.39. The van der Waals surface area contributed by atoms with Gasteiger partial charge in [0.25, 0.3) is 5.91 Å². The van der Waals surface area contributed by atoms with Gasteiger partial charge in [-0.3, -0.25) is 19.9 Å². The number of aromatic nitrogens is 1. The van der Waals surface area contributed by atoms with Gasteiger partial charge in [0.1, 0.15) is 10.7 Å². The van der Waals surface area contributed by atoms with E-state index in [2.05, 4.69) is 21.0 Å². The number of rotatable bonds is 5. The number of thiazole rings is 1. The molecule has 1 unspecified atom stereocenters. The van der Waals surface area contributed by atoms with Gasteiger partial charge < -0.3 is 5.32 Å². The molecule has 2 amide bonds. The number of hydrogen-bond acceptors (Lipinski definition) is 6. The van der Waals surface area contributed by atoms with E-state index >= 15 is 0 Å². The second kappa shape index (κ2) is 9.55. The van der Waals surface area contributed by atoms with Crippen molar-refractivity contribution >= 4 is 73.1 Å². The highest BCUT2D eigenvalue weighted by Crippen LogP contribution is 2.32. The molecule has 1 aromatic heterocycles. The number of halogens is 2. The Morgan fingerprint density at radius 3 is 2.56 bits per heavy atom. The molecule has 3 N–H and O–H groups in total. The van der Waals surface area contributed by atoms with Gasteiger partial charge in [-0.2, -0.15) is 0 Å². The molecule has 1 aliphatic heterocycles. The van der Waals surface area contributed by atoms with Crippen molar-refractivity contribution in [1.29, 1.82) is 0 Å². The normalized spacial score (nSPS) is 17.2. The summed E-state index contributed by atoms with van der Waals surface area (Å²) >= 11 is 13.8. The van der Waals surface area contributed by atoms with Crippen LogP contribution in [0.25, 0.3) is 10.2 Å². The van der Waals surface area contributed by atoms with Gasteiger partial charge in [0, 0.05) is 5.02 Å². The molecule has 0 aliphatic carbocycles. The van der Waals surface area contributed by atoms with Crippen LogP contribution < -0.4 is 21.1 Å². The quantitative estimate of drug-likeness (QED) is 0.259. The molecule has 3 aromatic carbocycles. The minimum absolute atomic E-state index is 0.313. The Bertz CT molecular complexity index is 1520. The van der Waals surface area contributed by atoms with Gasteiger partial charge in [0.2, 0.25) is 5.91 Å². The van der Waals surface area contributed by atoms with Crippen molar-refractivity contribution in [1.82, 2.24) is 10.4 Å². The molecule has 0 saturated carbocycles. The third kappa shape index (κ3) is 4.81. The fourth-order valence-corrected chi connectivity index (χ4v) is 5.25. The van der Waals surface area contributed by atoms with Crippen LogP contribution in [-0.4, -0.2) is 22.3 Å². The summed E-state index contributed by atoms with van der Waals surface area (Å²) in [4.78, 5) is 30.9. The monoisotopic (exact) mass is 537 g/mol. The third-order valence-corrected chi connectivity index (χ3v) is 7.17. The average molecular weight is 538 g/mol. The van der Waals surface area contributed by atoms with Crippen LogP contribution in [0.2, 0.25) is 5.02 Å². The number of nitrogens with one attached hydrogen (secondary N) is 3. The number of para-hydroxylation sites is 1. The van der Waals surface area contributed by atoms with Crippen LogP contribution in [0.1, 0.15) is 22.8 Å². The van der Waals surface area contributed by atoms with E-state index in [0.717, 1.165) is 21.5 Å². The van der Waals surface area contributed by atoms with Gasteiger partial charge in [-0.15, -0.1) is 0 Å². The number of aryl methyl sites for hydroxylation is 1. The summed E-state index contributed by atoms with van der Waals surface area (Å²) in [7, 11) is 0. The minimum atomic E-state index is -1.16. The highest BCUT2D eigenvalue weighted by atomic mass is 35.5. The first kappa shape index (κ1) is 24.3. The van der Waals surface area contributed by atoms with Crippen LogP contribution in [0.5, 0.6) is 0 Å². The maximum absolute atomic E-state index is 13.3. The number of fused-ring (bicyclic) bond motifs is 1. The Labute approximate surface area is 221 Å². The maximum atomic E-state index is 13.3. The molecule has 2 heterocycles. The molecule has 1 aliphatic rings. The Morgan fingerprint density at radius 1 is 1.03 bits per heavy atom. The minimum Gasteiger partial charge on any atom is -0.323 e. The second-order valence-electron chi connectivity index (χ2n) is 8.54. The number of carbonyl (C=O) groups excluding carboxylic acids is 2. The van der Waals surface area contributed by atoms with Crippen molar-refractivity contribution < 1.29 is 9.59 Å². The number of nitrogens with zero attached hydrogens (tertiary/aromatic N) is 2. The lowest BCUT2D eigenvalue weighted by atomic mass is 10.0. The molecular weight excluding hydrogens is 517 g/mol. The maximum Gasteiger partial charge on any atom is 0.259 e. The van der Waals surface area contributed by atoms with Gasteiger partial charge in [0.05, 0.1) is 27.2 Å². The second-order valence-corrected chi connectivity index (χ2v) is 10.4. The SMILES string of the molecule is Cc1ccc2nc(NC(=O)c3ccccc3NC(=O)C3(C)C=C(Cl)N(c4ccc(Cl)cc4)N3)sc2c1. The first-order valence-electron chi connectivity index (χ1n) is 11.0. The summed E-state index contributed by atoms with van der Waals surface area (Å²) < 4.78 is 0.987. The van der Waals surface area contributed by atoms with Crippen molar-refractivity contribution in [3.63, 3.8) is 0 Å². The highest BCUT2D eigenvalue weighted by molar-refractivity contribution is 7.22. The van der Waals surface area contributed by atoms with Crippen LogP contribution in [0.4, 0.5) is 16.5 Å². The van der Waals surface area contributed by atoms with Gasteiger partial charge in [-0.05, 0) is 74.0 Å². The summed E-state index contributed by atoms with van der Waals surface area (Å²) in [5, 5.41) is 8.73. The Balaban J connectivity index is 1.33. The van der Waals surface area contributed by atoms with Crippen molar-refractivity contribution in [3.05, 3.63) is 94.1 Å². The molecule has 0 saturated heterocycles. The van der Waals surface area contributed by atoms with Crippen LogP contribution in [-0.2, 0) is 4.79 Å². The predicted octanol–water partition coefficient (Wildman–Crippen LogP) is 6.31. The number of carbonyl (C=O) groups is 2. The number of hydrazine groups is 1. The van der Waals surface area contributed by atoms with E-state index < -0.39 is 5.54 Å². The zero-order chi connectivity index (χ0) is 25.4. The molecule has 0 spiro atoms. The van der Waals surface area contributed by atoms with Crippen molar-refractivity contribution in [2.24, 2.45) is 0 Å². The van der Waals surface area contributed by atoms with Crippen LogP contribution in [0.15, 0.2) is 78.0 Å². The molecule has 0 bridgehead atoms. The fraction of sp³-hybridized carbons (Fsp3) is 0.115. The van der Waals surface area contributed by atoms with Crippen molar-refractivity contribution in [2.45, 2.75) is 19.4 Å². The van der Waals surface area contributed by atoms with Gasteiger partial charge in [-0.1, -0.05) is 52.7 Å². The van der Waals surface area contributed by atoms with Gasteiger partial charge >= 0.3 is 0 Å². The standard InChI is InChI=1S/C26H21Cl2N5O2S/c1-15-7-12-20-21(13-15)36-25(30-20)31-23(34)18-5-3-4-6-19(18)29-24(35)26(2)14-22(28)33(32-26)17-10-8-16(27)9-11-17/h3-14,32H,1-2H3,(H,29,35)(H,30,31,34). The molecule has 1 atom stereocenters. The van der Waals surface area contributed by atoms with Gasteiger partial charge in [-0.25, -0.2) is 10.4 Å². The summed E-state index contributed by atoms with van der Waals surface area (Å²) in [6.45, 7) is 3.71. The molecule has 0 radical (unpaired) electrons. The number of anilines is 3. The first-order valence-corrected chi connectivity index (χ1v) is 12.6. The van der Waals surface area contributed by atoms with E-state index in [9.17, 15) is 9.59 Å². The van der Waals surface area contributed by atoms with E-state index in [4.69, 9.17) is 23.2 Å². The smallest absolute Gasteiger partial charge is 0.259 e. The van der Waals surface area contributed by atoms with E-state index in [1.807, 2.05) is 25.1 Å². The Morgan fingerprint density at radius 2 is 1.78 bits per heavy atom. The highest BCUT2D eigenvalue weighted by Gasteiger charge is 2.40. The third-order valence-electron chi connectivity index (χ3n) is 5.71. The Hall–Kier alpha value is -3.43. The Kier molecular flexibility index (Phi) is 6.44. The zero-order valence-corrected chi connectivity index (χ0v) is 21.6. The van der Waals surface area contributed by atoms with Crippen LogP contribution in [0, 0.1) is 6.92 Å². The lowest BCUT2D eigenvalue weighted by molar-refractivity contribution is -0.120. The molecule has 182 valence electrons. The molecule has 5 rings (SSSR count). The molecule has 36 heavy (non-hydrogen) atoms. The van der Waals surface area contributed by atoms with Gasteiger partial charge in [0.15, 0.2) is 5.13 Å². The van der Waals surface area contributed by atoms with E-state index in [1.165, 1.54) is 11.3 Å². The van der Waals surface area contributed by atoms with E-state index in [1.54, 1.807) is 66.5 Å². The number of hydrogen-bond donors (Lipinski definition) is 3. The molecule has 10 heteroatoms. The topological polar surface area (TPSA) is 86.4 Å². The summed E-state index contributed by atoms with van der Waals surface area (Å²) in [5.41, 5.74) is 5.31. The molecule has 4 aromatic rings. The zero-order valence-electron chi connectivity index (χ0n) is 19.3. The summed E-state index contributed by atoms with van der Waals surface area (Å²) in [6.07, 6.45) is 1.62. The van der Waals surface area contributed by atoms with Crippen molar-refractivity contribution in [3.8, 4) is 0 Å². The number of benzene rings is 3. The number of amides is 2. The predicted molar refractivity (Wildman–Crippen MR) is 147 cm³/mol. The lowest BCUT2D eigenvalue weighted by Gasteiger charge is -2.27. The van der Waals surface area contributed by atoms with Crippen molar-refractivity contribution in [2.75, 3.05) is 15.6 Å². The lowest BCUT2D eigenvalue weighted by Crippen LogP contribution is -2.53. The summed E-state index contributed by atoms with van der Waals surface area (Å²) in [5.74, 6) is -0.754. The largest absolute Gasteiger partial charge is 0.323 e. The summed E-state index contributed by atoms with van der Waals surface area (Å²) in [6, 6.07) is 19.8. The molecular formula is C26H21Cl2N5O2S. The van der Waals surface area contributed by atoms with Crippen LogP contribution in [0.3, 0.4) is 0 Å². The van der Waals surface area contributed by atoms with E-state index in [-0.39, 0.29) is 11.8 Å². The van der Waals surface area contributed by atoms with Crippen LogP contribution >= 0.6 is 34.5 Å². The fourth-order valence-electron chi connectivity index (χ4n) is 3.81. The first-order chi connectivity index (χ1) is 17.2. The molecule has 0 fully saturated rings. The molecule has 7 nitrogen and oxygen atoms in total. The van der Waals surface area contributed by atoms with E-state index in [0.29, 0.717) is 26.6 Å².